The molecular formula is C19H13Cl2N3. The van der Waals surface area contributed by atoms with Gasteiger partial charge in [-0.2, -0.15) is 0 Å². The summed E-state index contributed by atoms with van der Waals surface area (Å²) in [6, 6.07) is 20.3. The number of aromatic nitrogens is 1. The molecule has 0 amide bonds. The van der Waals surface area contributed by atoms with Crippen molar-refractivity contribution in [3.63, 3.8) is 0 Å². The molecule has 2 aromatic carbocycles. The van der Waals surface area contributed by atoms with Crippen molar-refractivity contribution in [3.05, 3.63) is 88.2 Å². The lowest BCUT2D eigenvalue weighted by Gasteiger charge is -1.97. The Hall–Kier alpha value is -2.49. The van der Waals surface area contributed by atoms with Crippen LogP contribution >= 0.6 is 23.2 Å². The Morgan fingerprint density at radius 1 is 0.625 bits per heavy atom. The summed E-state index contributed by atoms with van der Waals surface area (Å²) in [7, 11) is 0. The van der Waals surface area contributed by atoms with Crippen LogP contribution in [-0.4, -0.2) is 17.4 Å². The SMILES string of the molecule is Clc1ccc(N=Cc2cccc(C=Nc3ccc(Cl)cc3)n2)cc1. The second-order valence-electron chi connectivity index (χ2n) is 4.96. The van der Waals surface area contributed by atoms with Crippen molar-refractivity contribution in [1.82, 2.24) is 4.98 Å². The molecule has 0 radical (unpaired) electrons. The molecule has 118 valence electrons. The summed E-state index contributed by atoms with van der Waals surface area (Å²) >= 11 is 11.7. The molecule has 0 aliphatic rings. The summed E-state index contributed by atoms with van der Waals surface area (Å²) in [5, 5.41) is 1.37. The topological polar surface area (TPSA) is 37.6 Å². The standard InChI is InChI=1S/C19H13Cl2N3/c20-14-4-8-16(9-5-14)22-12-18-2-1-3-19(24-18)13-23-17-10-6-15(21)7-11-17/h1-13H. The number of hydrogen-bond acceptors (Lipinski definition) is 3. The Kier molecular flexibility index (Phi) is 5.36. The lowest BCUT2D eigenvalue weighted by atomic mass is 10.3. The van der Waals surface area contributed by atoms with Crippen molar-refractivity contribution in [2.75, 3.05) is 0 Å². The second-order valence-corrected chi connectivity index (χ2v) is 5.83. The van der Waals surface area contributed by atoms with Crippen molar-refractivity contribution >= 4 is 47.0 Å². The van der Waals surface area contributed by atoms with Crippen LogP contribution in [0.3, 0.4) is 0 Å². The van der Waals surface area contributed by atoms with Crippen LogP contribution < -0.4 is 0 Å². The summed E-state index contributed by atoms with van der Waals surface area (Å²) in [6.45, 7) is 0. The number of hydrogen-bond donors (Lipinski definition) is 0. The molecule has 1 heterocycles. The molecule has 3 aromatic rings. The highest BCUT2D eigenvalue weighted by Gasteiger charge is 1.95. The smallest absolute Gasteiger partial charge is 0.0820 e. The zero-order valence-corrected chi connectivity index (χ0v) is 14.1. The van der Waals surface area contributed by atoms with Gasteiger partial charge in [0.05, 0.1) is 35.2 Å². The lowest BCUT2D eigenvalue weighted by molar-refractivity contribution is 1.27. The van der Waals surface area contributed by atoms with E-state index in [0.29, 0.717) is 10.0 Å². The molecule has 0 spiro atoms. The van der Waals surface area contributed by atoms with Gasteiger partial charge in [0.2, 0.25) is 0 Å². The molecule has 0 atom stereocenters. The fraction of sp³-hybridized carbons (Fsp3) is 0. The first-order valence-corrected chi connectivity index (χ1v) is 8.01. The third-order valence-corrected chi connectivity index (χ3v) is 3.64. The summed E-state index contributed by atoms with van der Waals surface area (Å²) in [6.07, 6.45) is 3.42. The highest BCUT2D eigenvalue weighted by atomic mass is 35.5. The molecule has 0 aliphatic carbocycles. The molecule has 0 bridgehead atoms. The van der Waals surface area contributed by atoms with Gasteiger partial charge < -0.3 is 0 Å². The van der Waals surface area contributed by atoms with E-state index in [1.54, 1.807) is 36.7 Å². The Morgan fingerprint density at radius 2 is 1.04 bits per heavy atom. The summed E-state index contributed by atoms with van der Waals surface area (Å²) in [5.41, 5.74) is 3.15. The zero-order valence-electron chi connectivity index (χ0n) is 12.6. The Bertz CT molecular complexity index is 799. The van der Waals surface area contributed by atoms with Crippen LogP contribution in [0.1, 0.15) is 11.4 Å². The molecule has 0 saturated carbocycles. The van der Waals surface area contributed by atoms with E-state index in [-0.39, 0.29) is 0 Å². The van der Waals surface area contributed by atoms with Gasteiger partial charge in [0.1, 0.15) is 0 Å². The van der Waals surface area contributed by atoms with E-state index in [2.05, 4.69) is 15.0 Å². The first-order valence-electron chi connectivity index (χ1n) is 7.25. The van der Waals surface area contributed by atoms with E-state index < -0.39 is 0 Å². The molecule has 0 aliphatic heterocycles. The molecule has 0 unspecified atom stereocenters. The molecule has 3 rings (SSSR count). The number of aliphatic imine (C=N–C) groups is 2. The minimum Gasteiger partial charge on any atom is -0.255 e. The minimum atomic E-state index is 0.687. The van der Waals surface area contributed by atoms with Gasteiger partial charge in [-0.05, 0) is 60.7 Å². The van der Waals surface area contributed by atoms with Crippen molar-refractivity contribution in [1.29, 1.82) is 0 Å². The van der Waals surface area contributed by atoms with Gasteiger partial charge in [0.15, 0.2) is 0 Å². The van der Waals surface area contributed by atoms with Crippen LogP contribution in [-0.2, 0) is 0 Å². The number of pyridine rings is 1. The van der Waals surface area contributed by atoms with E-state index in [9.17, 15) is 0 Å². The monoisotopic (exact) mass is 353 g/mol. The number of rotatable bonds is 4. The molecule has 24 heavy (non-hydrogen) atoms. The molecule has 3 nitrogen and oxygen atoms in total. The lowest BCUT2D eigenvalue weighted by Crippen LogP contribution is -1.92. The van der Waals surface area contributed by atoms with E-state index in [4.69, 9.17) is 23.2 Å². The van der Waals surface area contributed by atoms with Crippen LogP contribution in [0, 0.1) is 0 Å². The van der Waals surface area contributed by atoms with Crippen LogP contribution in [0.15, 0.2) is 76.7 Å². The first-order chi connectivity index (χ1) is 11.7. The second kappa shape index (κ2) is 7.86. The predicted octanol–water partition coefficient (Wildman–Crippen LogP) is 5.89. The maximum absolute atomic E-state index is 5.86. The fourth-order valence-electron chi connectivity index (χ4n) is 1.95. The van der Waals surface area contributed by atoms with Gasteiger partial charge in [-0.3, -0.25) is 9.98 Å². The number of nitrogens with zero attached hydrogens (tertiary/aromatic N) is 3. The van der Waals surface area contributed by atoms with E-state index in [1.165, 1.54) is 0 Å². The van der Waals surface area contributed by atoms with Crippen LogP contribution in [0.2, 0.25) is 10.0 Å². The first kappa shape index (κ1) is 16.4. The molecule has 0 saturated heterocycles. The molecule has 0 N–H and O–H groups in total. The van der Waals surface area contributed by atoms with Crippen molar-refractivity contribution < 1.29 is 0 Å². The molecule has 1 aromatic heterocycles. The molecule has 0 fully saturated rings. The molecular weight excluding hydrogens is 341 g/mol. The maximum Gasteiger partial charge on any atom is 0.0820 e. The minimum absolute atomic E-state index is 0.687. The zero-order chi connectivity index (χ0) is 16.8. The Balaban J connectivity index is 1.74. The van der Waals surface area contributed by atoms with Gasteiger partial charge in [0.25, 0.3) is 0 Å². The predicted molar refractivity (Wildman–Crippen MR) is 102 cm³/mol. The fourth-order valence-corrected chi connectivity index (χ4v) is 2.20. The van der Waals surface area contributed by atoms with Crippen LogP contribution in [0.4, 0.5) is 11.4 Å². The Morgan fingerprint density at radius 3 is 1.46 bits per heavy atom. The van der Waals surface area contributed by atoms with Crippen molar-refractivity contribution in [3.8, 4) is 0 Å². The maximum atomic E-state index is 5.86. The summed E-state index contributed by atoms with van der Waals surface area (Å²) in [4.78, 5) is 13.3. The highest BCUT2D eigenvalue weighted by molar-refractivity contribution is 6.30. The van der Waals surface area contributed by atoms with Gasteiger partial charge in [-0.15, -0.1) is 0 Å². The van der Waals surface area contributed by atoms with E-state index >= 15 is 0 Å². The van der Waals surface area contributed by atoms with Crippen LogP contribution in [0.5, 0.6) is 0 Å². The van der Waals surface area contributed by atoms with Crippen LogP contribution in [0.25, 0.3) is 0 Å². The third kappa shape index (κ3) is 4.75. The average molecular weight is 354 g/mol. The quantitative estimate of drug-likeness (QED) is 0.538. The summed E-state index contributed by atoms with van der Waals surface area (Å²) < 4.78 is 0. The van der Waals surface area contributed by atoms with Crippen molar-refractivity contribution in [2.45, 2.75) is 0 Å². The van der Waals surface area contributed by atoms with Crippen molar-refractivity contribution in [2.24, 2.45) is 9.98 Å². The Labute approximate surface area is 150 Å². The normalized spacial score (nSPS) is 11.4. The molecule has 5 heteroatoms. The number of benzene rings is 2. The highest BCUT2D eigenvalue weighted by Crippen LogP contribution is 2.17. The summed E-state index contributed by atoms with van der Waals surface area (Å²) in [5.74, 6) is 0. The average Bonchev–Trinajstić information content (AvgIpc) is 2.61. The van der Waals surface area contributed by atoms with E-state index in [1.807, 2.05) is 42.5 Å². The third-order valence-electron chi connectivity index (χ3n) is 3.14. The number of halogens is 2. The van der Waals surface area contributed by atoms with Gasteiger partial charge in [-0.1, -0.05) is 29.3 Å². The largest absolute Gasteiger partial charge is 0.255 e. The van der Waals surface area contributed by atoms with Gasteiger partial charge in [0, 0.05) is 10.0 Å². The van der Waals surface area contributed by atoms with Gasteiger partial charge >= 0.3 is 0 Å². The van der Waals surface area contributed by atoms with E-state index in [0.717, 1.165) is 22.8 Å². The van der Waals surface area contributed by atoms with Gasteiger partial charge in [-0.25, -0.2) is 4.98 Å².